The Morgan fingerprint density at radius 3 is 3.12 bits per heavy atom. The van der Waals surface area contributed by atoms with Crippen molar-refractivity contribution in [3.63, 3.8) is 0 Å². The van der Waals surface area contributed by atoms with E-state index >= 15 is 0 Å². The molecule has 1 aromatic rings. The Balaban J connectivity index is 1.65. The molecule has 3 heteroatoms. The van der Waals surface area contributed by atoms with Gasteiger partial charge in [0.2, 0.25) is 0 Å². The van der Waals surface area contributed by atoms with Gasteiger partial charge in [0, 0.05) is 25.0 Å². The molecule has 2 rings (SSSR count). The van der Waals surface area contributed by atoms with Crippen molar-refractivity contribution in [2.75, 3.05) is 6.54 Å². The summed E-state index contributed by atoms with van der Waals surface area (Å²) in [5.41, 5.74) is 0. The molecule has 1 aromatic heterocycles. The van der Waals surface area contributed by atoms with Gasteiger partial charge in [0.25, 0.3) is 0 Å². The van der Waals surface area contributed by atoms with Gasteiger partial charge in [-0.15, -0.1) is 0 Å². The largest absolute Gasteiger partial charge is 0.312 e. The summed E-state index contributed by atoms with van der Waals surface area (Å²) in [6.07, 6.45) is 10.8. The van der Waals surface area contributed by atoms with Crippen molar-refractivity contribution < 1.29 is 0 Å². The van der Waals surface area contributed by atoms with Crippen molar-refractivity contribution in [2.24, 2.45) is 5.92 Å². The molecule has 90 valence electrons. The lowest BCUT2D eigenvalue weighted by Crippen LogP contribution is -2.36. The number of nitrogens with one attached hydrogen (secondary N) is 1. The fourth-order valence-corrected chi connectivity index (χ4v) is 2.66. The maximum absolute atomic E-state index is 4.21. The predicted octanol–water partition coefficient (Wildman–Crippen LogP) is 2.44. The molecule has 16 heavy (non-hydrogen) atoms. The van der Waals surface area contributed by atoms with E-state index in [0.717, 1.165) is 25.0 Å². The highest BCUT2D eigenvalue weighted by Crippen LogP contribution is 2.26. The average Bonchev–Trinajstić information content (AvgIpc) is 2.82. The lowest BCUT2D eigenvalue weighted by Gasteiger charge is -2.29. The Kier molecular flexibility index (Phi) is 4.40. The van der Waals surface area contributed by atoms with E-state index in [-0.39, 0.29) is 0 Å². The van der Waals surface area contributed by atoms with Crippen molar-refractivity contribution in [2.45, 2.75) is 51.6 Å². The topological polar surface area (TPSA) is 29.9 Å². The smallest absolute Gasteiger partial charge is 0.0534 e. The van der Waals surface area contributed by atoms with Gasteiger partial charge in [-0.05, 0) is 24.8 Å². The van der Waals surface area contributed by atoms with Crippen LogP contribution in [0.3, 0.4) is 0 Å². The zero-order valence-electron chi connectivity index (χ0n) is 10.2. The molecular formula is C13H23N3. The van der Waals surface area contributed by atoms with Gasteiger partial charge in [-0.1, -0.05) is 26.2 Å². The zero-order valence-corrected chi connectivity index (χ0v) is 10.2. The molecule has 1 heterocycles. The molecule has 2 atom stereocenters. The molecule has 3 nitrogen and oxygen atoms in total. The standard InChI is InChI=1S/C13H23N3/c1-2-12-5-3-6-13(11-12)14-8-10-16-9-4-7-15-16/h4,7,9,12-14H,2-3,5-6,8,10-11H2,1H3. The first-order chi connectivity index (χ1) is 7.88. The average molecular weight is 221 g/mol. The second-order valence-electron chi connectivity index (χ2n) is 4.86. The molecule has 1 N–H and O–H groups in total. The number of nitrogens with zero attached hydrogens (tertiary/aromatic N) is 2. The minimum absolute atomic E-state index is 0.745. The van der Waals surface area contributed by atoms with Crippen LogP contribution >= 0.6 is 0 Å². The molecule has 0 amide bonds. The third kappa shape index (κ3) is 3.34. The normalized spacial score (nSPS) is 25.8. The first-order valence-electron chi connectivity index (χ1n) is 6.59. The Bertz CT molecular complexity index is 281. The summed E-state index contributed by atoms with van der Waals surface area (Å²) < 4.78 is 1.99. The summed E-state index contributed by atoms with van der Waals surface area (Å²) in [7, 11) is 0. The zero-order chi connectivity index (χ0) is 11.2. The van der Waals surface area contributed by atoms with Crippen molar-refractivity contribution in [3.8, 4) is 0 Å². The van der Waals surface area contributed by atoms with Crippen LogP contribution in [0.15, 0.2) is 18.5 Å². The van der Waals surface area contributed by atoms with Gasteiger partial charge in [0.05, 0.1) is 6.54 Å². The Morgan fingerprint density at radius 2 is 2.38 bits per heavy atom. The number of hydrogen-bond acceptors (Lipinski definition) is 2. The highest BCUT2D eigenvalue weighted by Gasteiger charge is 2.19. The van der Waals surface area contributed by atoms with Gasteiger partial charge in [0.1, 0.15) is 0 Å². The van der Waals surface area contributed by atoms with E-state index in [4.69, 9.17) is 0 Å². The fourth-order valence-electron chi connectivity index (χ4n) is 2.66. The molecule has 0 saturated heterocycles. The quantitative estimate of drug-likeness (QED) is 0.827. The van der Waals surface area contributed by atoms with Gasteiger partial charge in [-0.25, -0.2) is 0 Å². The molecule has 0 aromatic carbocycles. The molecule has 0 bridgehead atoms. The summed E-state index contributed by atoms with van der Waals surface area (Å²) in [6, 6.07) is 2.72. The second kappa shape index (κ2) is 6.04. The van der Waals surface area contributed by atoms with E-state index in [1.165, 1.54) is 32.1 Å². The third-order valence-electron chi connectivity index (χ3n) is 3.69. The third-order valence-corrected chi connectivity index (χ3v) is 3.69. The van der Waals surface area contributed by atoms with E-state index < -0.39 is 0 Å². The number of hydrogen-bond donors (Lipinski definition) is 1. The SMILES string of the molecule is CCC1CCCC(NCCn2cccn2)C1. The van der Waals surface area contributed by atoms with Crippen LogP contribution in [0.5, 0.6) is 0 Å². The van der Waals surface area contributed by atoms with E-state index in [9.17, 15) is 0 Å². The number of rotatable bonds is 5. The molecule has 1 aliphatic carbocycles. The second-order valence-corrected chi connectivity index (χ2v) is 4.86. The van der Waals surface area contributed by atoms with Crippen molar-refractivity contribution in [1.82, 2.24) is 15.1 Å². The maximum Gasteiger partial charge on any atom is 0.0534 e. The van der Waals surface area contributed by atoms with Crippen molar-refractivity contribution in [1.29, 1.82) is 0 Å². The van der Waals surface area contributed by atoms with Crippen LogP contribution in [0.4, 0.5) is 0 Å². The van der Waals surface area contributed by atoms with Gasteiger partial charge in [-0.2, -0.15) is 5.10 Å². The summed E-state index contributed by atoms with van der Waals surface area (Å²) in [4.78, 5) is 0. The van der Waals surface area contributed by atoms with Crippen LogP contribution in [0.25, 0.3) is 0 Å². The summed E-state index contributed by atoms with van der Waals surface area (Å²) in [6.45, 7) is 4.35. The van der Waals surface area contributed by atoms with Gasteiger partial charge in [0.15, 0.2) is 0 Å². The molecule has 0 aliphatic heterocycles. The predicted molar refractivity (Wildman–Crippen MR) is 66.3 cm³/mol. The molecule has 0 spiro atoms. The van der Waals surface area contributed by atoms with Crippen LogP contribution in [0.2, 0.25) is 0 Å². The van der Waals surface area contributed by atoms with Gasteiger partial charge in [-0.3, -0.25) is 4.68 Å². The van der Waals surface area contributed by atoms with Crippen LogP contribution in [-0.4, -0.2) is 22.4 Å². The molecule has 1 fully saturated rings. The van der Waals surface area contributed by atoms with E-state index in [2.05, 4.69) is 17.3 Å². The highest BCUT2D eigenvalue weighted by atomic mass is 15.3. The van der Waals surface area contributed by atoms with E-state index in [1.807, 2.05) is 23.1 Å². The Labute approximate surface area is 98.2 Å². The van der Waals surface area contributed by atoms with Gasteiger partial charge >= 0.3 is 0 Å². The highest BCUT2D eigenvalue weighted by molar-refractivity contribution is 4.79. The van der Waals surface area contributed by atoms with Crippen molar-refractivity contribution >= 4 is 0 Å². The summed E-state index contributed by atoms with van der Waals surface area (Å²) in [5.74, 6) is 0.955. The fraction of sp³-hybridized carbons (Fsp3) is 0.769. The lowest BCUT2D eigenvalue weighted by molar-refractivity contribution is 0.276. The Hall–Kier alpha value is -0.830. The minimum Gasteiger partial charge on any atom is -0.312 e. The first-order valence-corrected chi connectivity index (χ1v) is 6.59. The first kappa shape index (κ1) is 11.6. The Morgan fingerprint density at radius 1 is 1.44 bits per heavy atom. The maximum atomic E-state index is 4.21. The molecule has 1 aliphatic rings. The van der Waals surface area contributed by atoms with Gasteiger partial charge < -0.3 is 5.32 Å². The van der Waals surface area contributed by atoms with Crippen LogP contribution in [0, 0.1) is 5.92 Å². The van der Waals surface area contributed by atoms with Crippen LogP contribution < -0.4 is 5.32 Å². The summed E-state index contributed by atoms with van der Waals surface area (Å²) >= 11 is 0. The van der Waals surface area contributed by atoms with Crippen molar-refractivity contribution in [3.05, 3.63) is 18.5 Å². The lowest BCUT2D eigenvalue weighted by atomic mass is 9.84. The molecule has 1 saturated carbocycles. The monoisotopic (exact) mass is 221 g/mol. The molecule has 0 radical (unpaired) electrons. The number of aromatic nitrogens is 2. The van der Waals surface area contributed by atoms with E-state index in [1.54, 1.807) is 0 Å². The van der Waals surface area contributed by atoms with Crippen LogP contribution in [0.1, 0.15) is 39.0 Å². The minimum atomic E-state index is 0.745. The summed E-state index contributed by atoms with van der Waals surface area (Å²) in [5, 5.41) is 7.87. The van der Waals surface area contributed by atoms with Crippen LogP contribution in [-0.2, 0) is 6.54 Å². The molecule has 2 unspecified atom stereocenters. The van der Waals surface area contributed by atoms with E-state index in [0.29, 0.717) is 0 Å². The molecular weight excluding hydrogens is 198 g/mol.